The Morgan fingerprint density at radius 3 is 2.50 bits per heavy atom. The quantitative estimate of drug-likeness (QED) is 0.905. The third kappa shape index (κ3) is 4.32. The molecule has 0 spiro atoms. The molecular weight excluding hydrogens is 298 g/mol. The Hall–Kier alpha value is -0.350. The Balaban J connectivity index is 0.00000200. The van der Waals surface area contributed by atoms with E-state index in [1.54, 1.807) is 12.1 Å². The van der Waals surface area contributed by atoms with Gasteiger partial charge < -0.3 is 5.32 Å². The van der Waals surface area contributed by atoms with Crippen molar-refractivity contribution in [3.05, 3.63) is 34.6 Å². The van der Waals surface area contributed by atoms with E-state index in [-0.39, 0.29) is 24.3 Å². The lowest BCUT2D eigenvalue weighted by atomic mass is 9.94. The van der Waals surface area contributed by atoms with E-state index in [9.17, 15) is 4.39 Å². The molecule has 1 N–H and O–H groups in total. The van der Waals surface area contributed by atoms with Crippen molar-refractivity contribution in [1.82, 2.24) is 10.2 Å². The Labute approximate surface area is 132 Å². The Kier molecular flexibility index (Phi) is 7.24. The van der Waals surface area contributed by atoms with Crippen molar-refractivity contribution in [2.75, 3.05) is 26.2 Å². The van der Waals surface area contributed by atoms with Gasteiger partial charge in [0.1, 0.15) is 5.82 Å². The second-order valence-corrected chi connectivity index (χ2v) is 5.97. The highest BCUT2D eigenvalue weighted by Gasteiger charge is 2.27. The first-order chi connectivity index (χ1) is 9.09. The maximum Gasteiger partial charge on any atom is 0.129 e. The van der Waals surface area contributed by atoms with Crippen LogP contribution in [0.5, 0.6) is 0 Å². The van der Waals surface area contributed by atoms with Crippen LogP contribution in [-0.4, -0.2) is 31.1 Å². The molecule has 0 bridgehead atoms. The molecule has 114 valence electrons. The van der Waals surface area contributed by atoms with Crippen LogP contribution < -0.4 is 5.32 Å². The lowest BCUT2D eigenvalue weighted by Gasteiger charge is -2.36. The van der Waals surface area contributed by atoms with Gasteiger partial charge in [0.05, 0.1) is 0 Å². The lowest BCUT2D eigenvalue weighted by molar-refractivity contribution is 0.151. The number of halogens is 3. The third-order valence-electron chi connectivity index (χ3n) is 3.62. The molecule has 1 aromatic carbocycles. The molecule has 1 aliphatic heterocycles. The zero-order chi connectivity index (χ0) is 13.8. The molecule has 1 atom stereocenters. The van der Waals surface area contributed by atoms with Crippen LogP contribution in [0.15, 0.2) is 18.2 Å². The molecule has 20 heavy (non-hydrogen) atoms. The highest BCUT2D eigenvalue weighted by Crippen LogP contribution is 2.34. The van der Waals surface area contributed by atoms with E-state index in [0.29, 0.717) is 16.5 Å². The summed E-state index contributed by atoms with van der Waals surface area (Å²) >= 11 is 6.24. The monoisotopic (exact) mass is 320 g/mol. The molecular formula is C15H23Cl2FN2. The first-order valence-electron chi connectivity index (χ1n) is 6.98. The van der Waals surface area contributed by atoms with Crippen molar-refractivity contribution >= 4 is 24.0 Å². The van der Waals surface area contributed by atoms with Gasteiger partial charge in [-0.1, -0.05) is 31.5 Å². The molecule has 1 aromatic rings. The van der Waals surface area contributed by atoms with Crippen LogP contribution >= 0.6 is 24.0 Å². The molecule has 1 heterocycles. The smallest absolute Gasteiger partial charge is 0.129 e. The summed E-state index contributed by atoms with van der Waals surface area (Å²) in [4.78, 5) is 2.35. The second kappa shape index (κ2) is 8.18. The van der Waals surface area contributed by atoms with Gasteiger partial charge in [-0.05, 0) is 24.5 Å². The molecule has 0 aromatic heterocycles. The average molecular weight is 321 g/mol. The van der Waals surface area contributed by atoms with Gasteiger partial charge in [0.15, 0.2) is 0 Å². The summed E-state index contributed by atoms with van der Waals surface area (Å²) in [7, 11) is 0. The predicted octanol–water partition coefficient (Wildman–Crippen LogP) is 3.89. The normalized spacial score (nSPS) is 17.9. The molecule has 5 heteroatoms. The number of piperazine rings is 1. The number of hydrogen-bond donors (Lipinski definition) is 1. The average Bonchev–Trinajstić information content (AvgIpc) is 2.38. The van der Waals surface area contributed by atoms with Gasteiger partial charge in [0.2, 0.25) is 0 Å². The van der Waals surface area contributed by atoms with Crippen LogP contribution in [0.1, 0.15) is 31.9 Å². The molecule has 1 saturated heterocycles. The summed E-state index contributed by atoms with van der Waals surface area (Å²) in [6, 6.07) is 5.05. The molecule has 0 saturated carbocycles. The fraction of sp³-hybridized carbons (Fsp3) is 0.600. The van der Waals surface area contributed by atoms with Crippen molar-refractivity contribution in [3.63, 3.8) is 0 Å². The van der Waals surface area contributed by atoms with Gasteiger partial charge in [0, 0.05) is 42.8 Å². The second-order valence-electron chi connectivity index (χ2n) is 5.57. The molecule has 0 aliphatic carbocycles. The van der Waals surface area contributed by atoms with Crippen molar-refractivity contribution in [1.29, 1.82) is 0 Å². The van der Waals surface area contributed by atoms with Gasteiger partial charge in [-0.3, -0.25) is 4.90 Å². The van der Waals surface area contributed by atoms with E-state index in [1.165, 1.54) is 6.07 Å². The van der Waals surface area contributed by atoms with Gasteiger partial charge in [-0.2, -0.15) is 0 Å². The first kappa shape index (κ1) is 17.7. The Morgan fingerprint density at radius 2 is 1.95 bits per heavy atom. The molecule has 0 unspecified atom stereocenters. The number of nitrogens with zero attached hydrogens (tertiary/aromatic N) is 1. The highest BCUT2D eigenvalue weighted by atomic mass is 35.5. The summed E-state index contributed by atoms with van der Waals surface area (Å²) < 4.78 is 14.2. The highest BCUT2D eigenvalue weighted by molar-refractivity contribution is 6.31. The van der Waals surface area contributed by atoms with E-state index in [2.05, 4.69) is 24.1 Å². The minimum absolute atomic E-state index is 0. The van der Waals surface area contributed by atoms with Crippen LogP contribution in [0.3, 0.4) is 0 Å². The van der Waals surface area contributed by atoms with E-state index in [0.717, 1.165) is 32.6 Å². The first-order valence-corrected chi connectivity index (χ1v) is 7.36. The summed E-state index contributed by atoms with van der Waals surface area (Å²) in [6.45, 7) is 8.15. The molecule has 2 nitrogen and oxygen atoms in total. The van der Waals surface area contributed by atoms with Crippen LogP contribution in [0.25, 0.3) is 0 Å². The molecule has 1 aliphatic rings. The van der Waals surface area contributed by atoms with Gasteiger partial charge >= 0.3 is 0 Å². The topological polar surface area (TPSA) is 15.3 Å². The zero-order valence-electron chi connectivity index (χ0n) is 12.0. The zero-order valence-corrected chi connectivity index (χ0v) is 13.6. The minimum Gasteiger partial charge on any atom is -0.314 e. The van der Waals surface area contributed by atoms with Crippen LogP contribution in [0.4, 0.5) is 4.39 Å². The fourth-order valence-electron chi connectivity index (χ4n) is 2.72. The van der Waals surface area contributed by atoms with Crippen LogP contribution in [0, 0.1) is 11.7 Å². The standard InChI is InChI=1S/C15H22ClFN2.ClH/c1-11(2)10-14(19-8-6-18-7-9-19)15-12(16)4-3-5-13(15)17;/h3-5,11,14,18H,6-10H2,1-2H3;1H/t14-;/m0./s1. The van der Waals surface area contributed by atoms with Crippen molar-refractivity contribution < 1.29 is 4.39 Å². The van der Waals surface area contributed by atoms with Crippen molar-refractivity contribution in [2.24, 2.45) is 5.92 Å². The SMILES string of the molecule is CC(C)C[C@@H](c1c(F)cccc1Cl)N1CCNCC1.Cl. The van der Waals surface area contributed by atoms with Crippen LogP contribution in [-0.2, 0) is 0 Å². The molecule has 0 amide bonds. The minimum atomic E-state index is -0.184. The maximum atomic E-state index is 14.2. The van der Waals surface area contributed by atoms with E-state index < -0.39 is 0 Å². The predicted molar refractivity (Wildman–Crippen MR) is 85.3 cm³/mol. The lowest BCUT2D eigenvalue weighted by Crippen LogP contribution is -2.45. The Morgan fingerprint density at radius 1 is 1.30 bits per heavy atom. The molecule has 1 fully saturated rings. The summed E-state index contributed by atoms with van der Waals surface area (Å²) in [5.74, 6) is 0.326. The summed E-state index contributed by atoms with van der Waals surface area (Å²) in [5, 5.41) is 3.88. The van der Waals surface area contributed by atoms with Crippen molar-refractivity contribution in [2.45, 2.75) is 26.3 Å². The van der Waals surface area contributed by atoms with E-state index in [4.69, 9.17) is 11.6 Å². The number of benzene rings is 1. The summed E-state index contributed by atoms with van der Waals surface area (Å²) in [5.41, 5.74) is 0.666. The number of rotatable bonds is 4. The van der Waals surface area contributed by atoms with Gasteiger partial charge in [0.25, 0.3) is 0 Å². The number of hydrogen-bond acceptors (Lipinski definition) is 2. The molecule has 0 radical (unpaired) electrons. The van der Waals surface area contributed by atoms with Crippen molar-refractivity contribution in [3.8, 4) is 0 Å². The van der Waals surface area contributed by atoms with E-state index in [1.807, 2.05) is 0 Å². The fourth-order valence-corrected chi connectivity index (χ4v) is 3.01. The molecule has 2 rings (SSSR count). The van der Waals surface area contributed by atoms with E-state index >= 15 is 0 Å². The largest absolute Gasteiger partial charge is 0.314 e. The van der Waals surface area contributed by atoms with Gasteiger partial charge in [-0.15, -0.1) is 12.4 Å². The number of nitrogens with one attached hydrogen (secondary N) is 1. The summed E-state index contributed by atoms with van der Waals surface area (Å²) in [6.07, 6.45) is 0.931. The third-order valence-corrected chi connectivity index (χ3v) is 3.95. The van der Waals surface area contributed by atoms with Gasteiger partial charge in [-0.25, -0.2) is 4.39 Å². The Bertz CT molecular complexity index is 400. The maximum absolute atomic E-state index is 14.2. The van der Waals surface area contributed by atoms with Crippen LogP contribution in [0.2, 0.25) is 5.02 Å².